The minimum atomic E-state index is -1.03. The number of carbonyl (C=O) groups excluding carboxylic acids is 1. The van der Waals surface area contributed by atoms with E-state index in [0.717, 1.165) is 29.7 Å². The molecule has 6 nitrogen and oxygen atoms in total. The first-order chi connectivity index (χ1) is 16.0. The van der Waals surface area contributed by atoms with Crippen LogP contribution in [0.15, 0.2) is 79.0 Å². The van der Waals surface area contributed by atoms with Crippen molar-refractivity contribution in [3.05, 3.63) is 90.1 Å². The topological polar surface area (TPSA) is 88.5 Å². The number of pyridine rings is 1. The second-order valence-corrected chi connectivity index (χ2v) is 7.66. The van der Waals surface area contributed by atoms with Crippen molar-refractivity contribution in [3.63, 3.8) is 0 Å². The molecule has 0 fully saturated rings. The summed E-state index contributed by atoms with van der Waals surface area (Å²) in [6, 6.07) is 21.9. The second kappa shape index (κ2) is 9.96. The Morgan fingerprint density at radius 3 is 2.55 bits per heavy atom. The van der Waals surface area contributed by atoms with Gasteiger partial charge in [0, 0.05) is 22.8 Å². The van der Waals surface area contributed by atoms with E-state index in [0.29, 0.717) is 28.8 Å². The lowest BCUT2D eigenvalue weighted by atomic mass is 9.99. The number of carboxylic acid groups (broad SMARTS) is 1. The number of fused-ring (bicyclic) bond motifs is 1. The van der Waals surface area contributed by atoms with Crippen LogP contribution < -0.4 is 10.1 Å². The molecule has 3 aromatic carbocycles. The van der Waals surface area contributed by atoms with Crippen LogP contribution in [-0.2, 0) is 0 Å². The third-order valence-electron chi connectivity index (χ3n) is 5.29. The molecule has 0 aliphatic heterocycles. The molecule has 1 amide bonds. The Bertz CT molecular complexity index is 1300. The minimum absolute atomic E-state index is 0.120. The zero-order chi connectivity index (χ0) is 23.2. The molecule has 0 saturated heterocycles. The fourth-order valence-electron chi connectivity index (χ4n) is 3.51. The number of carbonyl (C=O) groups is 2. The van der Waals surface area contributed by atoms with Gasteiger partial charge in [0.2, 0.25) is 0 Å². The SMILES string of the molecule is CCCCOc1ccc(-c2ccccc2C(=O)Nc2ccc3cc(C(=O)O)cnc3c2)cc1. The van der Waals surface area contributed by atoms with Gasteiger partial charge in [-0.3, -0.25) is 9.78 Å². The van der Waals surface area contributed by atoms with Crippen molar-refractivity contribution in [3.8, 4) is 16.9 Å². The number of hydrogen-bond acceptors (Lipinski definition) is 4. The maximum absolute atomic E-state index is 13.1. The Kier molecular flexibility index (Phi) is 6.64. The molecule has 0 aliphatic rings. The number of nitrogens with zero attached hydrogens (tertiary/aromatic N) is 1. The fraction of sp³-hybridized carbons (Fsp3) is 0.148. The third kappa shape index (κ3) is 5.18. The number of benzene rings is 3. The van der Waals surface area contributed by atoms with Gasteiger partial charge in [-0.15, -0.1) is 0 Å². The summed E-state index contributed by atoms with van der Waals surface area (Å²) in [4.78, 5) is 28.4. The van der Waals surface area contributed by atoms with E-state index in [-0.39, 0.29) is 11.5 Å². The first-order valence-corrected chi connectivity index (χ1v) is 10.8. The highest BCUT2D eigenvalue weighted by atomic mass is 16.5. The predicted octanol–water partition coefficient (Wildman–Crippen LogP) is 6.03. The molecule has 4 aromatic rings. The normalized spacial score (nSPS) is 10.7. The lowest BCUT2D eigenvalue weighted by Gasteiger charge is -2.12. The van der Waals surface area contributed by atoms with Crippen molar-refractivity contribution in [2.75, 3.05) is 11.9 Å². The Balaban J connectivity index is 1.54. The van der Waals surface area contributed by atoms with E-state index in [1.165, 1.54) is 6.20 Å². The molecule has 1 aromatic heterocycles. The lowest BCUT2D eigenvalue weighted by molar-refractivity contribution is 0.0696. The van der Waals surface area contributed by atoms with Crippen LogP contribution in [0.3, 0.4) is 0 Å². The van der Waals surface area contributed by atoms with E-state index in [1.807, 2.05) is 42.5 Å². The molecule has 6 heteroatoms. The molecule has 33 heavy (non-hydrogen) atoms. The van der Waals surface area contributed by atoms with Crippen molar-refractivity contribution in [1.29, 1.82) is 0 Å². The largest absolute Gasteiger partial charge is 0.494 e. The monoisotopic (exact) mass is 440 g/mol. The van der Waals surface area contributed by atoms with Crippen molar-refractivity contribution in [1.82, 2.24) is 4.98 Å². The van der Waals surface area contributed by atoms with Crippen LogP contribution in [0.1, 0.15) is 40.5 Å². The number of ether oxygens (including phenoxy) is 1. The standard InChI is InChI=1S/C27H24N2O4/c1-2-3-14-33-22-12-9-18(10-13-22)23-6-4-5-7-24(23)26(30)29-21-11-8-19-15-20(27(31)32)17-28-25(19)16-21/h4-13,15-17H,2-3,14H2,1H3,(H,29,30)(H,31,32). The number of rotatable bonds is 8. The molecular weight excluding hydrogens is 416 g/mol. The maximum atomic E-state index is 13.1. The zero-order valence-corrected chi connectivity index (χ0v) is 18.2. The number of carboxylic acids is 1. The average Bonchev–Trinajstić information content (AvgIpc) is 2.84. The molecule has 0 atom stereocenters. The molecule has 0 radical (unpaired) electrons. The van der Waals surface area contributed by atoms with Gasteiger partial charge in [-0.25, -0.2) is 4.79 Å². The summed E-state index contributed by atoms with van der Waals surface area (Å²) in [5.41, 5.74) is 3.59. The van der Waals surface area contributed by atoms with Gasteiger partial charge < -0.3 is 15.2 Å². The van der Waals surface area contributed by atoms with Crippen LogP contribution in [0.5, 0.6) is 5.75 Å². The van der Waals surface area contributed by atoms with E-state index >= 15 is 0 Å². The van der Waals surface area contributed by atoms with E-state index in [4.69, 9.17) is 9.84 Å². The summed E-state index contributed by atoms with van der Waals surface area (Å²) in [7, 11) is 0. The number of hydrogen-bond donors (Lipinski definition) is 2. The summed E-state index contributed by atoms with van der Waals surface area (Å²) in [6.07, 6.45) is 3.40. The number of nitrogens with one attached hydrogen (secondary N) is 1. The van der Waals surface area contributed by atoms with Crippen molar-refractivity contribution in [2.45, 2.75) is 19.8 Å². The van der Waals surface area contributed by atoms with Crippen LogP contribution in [0.25, 0.3) is 22.0 Å². The number of amides is 1. The first kappa shape index (κ1) is 22.0. The van der Waals surface area contributed by atoms with Gasteiger partial charge in [0.1, 0.15) is 5.75 Å². The summed E-state index contributed by atoms with van der Waals surface area (Å²) in [5, 5.41) is 12.7. The number of unbranched alkanes of at least 4 members (excludes halogenated alkanes) is 1. The van der Waals surface area contributed by atoms with Crippen LogP contribution >= 0.6 is 0 Å². The smallest absolute Gasteiger partial charge is 0.337 e. The van der Waals surface area contributed by atoms with Crippen LogP contribution in [0.2, 0.25) is 0 Å². The van der Waals surface area contributed by atoms with E-state index in [9.17, 15) is 9.59 Å². The molecule has 2 N–H and O–H groups in total. The Morgan fingerprint density at radius 1 is 1.00 bits per heavy atom. The van der Waals surface area contributed by atoms with Crippen molar-refractivity contribution < 1.29 is 19.4 Å². The summed E-state index contributed by atoms with van der Waals surface area (Å²) in [6.45, 7) is 2.81. The molecule has 0 saturated carbocycles. The number of aromatic carboxylic acids is 1. The molecule has 0 unspecified atom stereocenters. The molecule has 0 bridgehead atoms. The van der Waals surface area contributed by atoms with Gasteiger partial charge in [0.25, 0.3) is 5.91 Å². The highest BCUT2D eigenvalue weighted by Gasteiger charge is 2.14. The highest BCUT2D eigenvalue weighted by molar-refractivity contribution is 6.09. The molecule has 4 rings (SSSR count). The van der Waals surface area contributed by atoms with Crippen LogP contribution in [0.4, 0.5) is 5.69 Å². The minimum Gasteiger partial charge on any atom is -0.494 e. The van der Waals surface area contributed by atoms with E-state index in [2.05, 4.69) is 17.2 Å². The Hall–Kier alpha value is -4.19. The van der Waals surface area contributed by atoms with Gasteiger partial charge >= 0.3 is 5.97 Å². The summed E-state index contributed by atoms with van der Waals surface area (Å²) < 4.78 is 5.73. The van der Waals surface area contributed by atoms with Gasteiger partial charge in [0.15, 0.2) is 0 Å². The molecular formula is C27H24N2O4. The second-order valence-electron chi connectivity index (χ2n) is 7.66. The van der Waals surface area contributed by atoms with Gasteiger partial charge in [-0.2, -0.15) is 0 Å². The molecule has 0 aliphatic carbocycles. The van der Waals surface area contributed by atoms with Crippen LogP contribution in [0, 0.1) is 0 Å². The summed E-state index contributed by atoms with van der Waals surface area (Å²) in [5.74, 6) is -0.460. The predicted molar refractivity (Wildman–Crippen MR) is 129 cm³/mol. The van der Waals surface area contributed by atoms with Crippen molar-refractivity contribution >= 4 is 28.5 Å². The van der Waals surface area contributed by atoms with Gasteiger partial charge in [-0.1, -0.05) is 49.7 Å². The zero-order valence-electron chi connectivity index (χ0n) is 18.2. The Morgan fingerprint density at radius 2 is 1.79 bits per heavy atom. The number of anilines is 1. The molecule has 1 heterocycles. The van der Waals surface area contributed by atoms with E-state index < -0.39 is 5.97 Å². The lowest BCUT2D eigenvalue weighted by Crippen LogP contribution is -2.13. The van der Waals surface area contributed by atoms with Crippen molar-refractivity contribution in [2.24, 2.45) is 0 Å². The molecule has 0 spiro atoms. The van der Waals surface area contributed by atoms with Crippen LogP contribution in [-0.4, -0.2) is 28.6 Å². The molecule has 166 valence electrons. The average molecular weight is 440 g/mol. The van der Waals surface area contributed by atoms with E-state index in [1.54, 1.807) is 30.3 Å². The quantitative estimate of drug-likeness (QED) is 0.327. The summed E-state index contributed by atoms with van der Waals surface area (Å²) >= 11 is 0. The third-order valence-corrected chi connectivity index (χ3v) is 5.29. The van der Waals surface area contributed by atoms with Gasteiger partial charge in [-0.05, 0) is 53.9 Å². The Labute approximate surface area is 191 Å². The van der Waals surface area contributed by atoms with Gasteiger partial charge in [0.05, 0.1) is 17.7 Å². The number of aromatic nitrogens is 1. The highest BCUT2D eigenvalue weighted by Crippen LogP contribution is 2.27. The first-order valence-electron chi connectivity index (χ1n) is 10.8. The maximum Gasteiger partial charge on any atom is 0.337 e. The fourth-order valence-corrected chi connectivity index (χ4v) is 3.51.